The molecule has 2 saturated carbocycles. The van der Waals surface area contributed by atoms with Gasteiger partial charge in [-0.3, -0.25) is 24.0 Å². The van der Waals surface area contributed by atoms with E-state index in [1.54, 1.807) is 43.3 Å². The van der Waals surface area contributed by atoms with Crippen molar-refractivity contribution < 1.29 is 55.3 Å². The molecule has 4 amide bonds. The van der Waals surface area contributed by atoms with Crippen LogP contribution in [0.3, 0.4) is 0 Å². The number of carbonyl (C=O) groups is 4. The number of sulfonamides is 1. The van der Waals surface area contributed by atoms with Crippen LogP contribution in [0.2, 0.25) is 0 Å². The van der Waals surface area contributed by atoms with E-state index in [1.807, 2.05) is 6.92 Å². The Bertz CT molecular complexity index is 2100. The quantitative estimate of drug-likeness (QED) is 0.289. The molecule has 0 bridgehead atoms. The molecule has 0 radical (unpaired) electrons. The number of fused-ring (bicyclic) bond motifs is 3. The molecule has 7 atom stereocenters. The predicted octanol–water partition coefficient (Wildman–Crippen LogP) is 4.95. The minimum atomic E-state index is -5.10. The number of benzene rings is 1. The van der Waals surface area contributed by atoms with E-state index in [0.29, 0.717) is 56.9 Å². The number of aromatic nitrogens is 2. The highest BCUT2D eigenvalue weighted by Crippen LogP contribution is 2.48. The standard InChI is InChI=1S/C39H51F3N6O9S/c1-7-56-31-26-14-10-11-15-27(26)32(45-44-31)57-25-19-28-30(49)43-38(34(51)46-58(54,55)37(6)16-17-37)20-24(38)13-9-8-12-22(2)18-23(3)29(33(50)47(28)21-25)48(35(52)53)36(4,5)39(40,41)42/h9-11,13-15,22-25,28-29H,7-8,12,16-21H2,1-6H3,(H,43,49)(H,46,51)(H,52,53)/t22-,23-,24-,25-,28+,29+,38-/m1/s1. The number of carboxylic acid groups (broad SMARTS) is 1. The molecule has 1 aromatic carbocycles. The molecule has 4 aliphatic rings. The highest BCUT2D eigenvalue weighted by atomic mass is 32.2. The average molecular weight is 837 g/mol. The number of halogens is 3. The van der Waals surface area contributed by atoms with Crippen LogP contribution >= 0.6 is 0 Å². The van der Waals surface area contributed by atoms with Crippen molar-refractivity contribution in [3.63, 3.8) is 0 Å². The first-order valence-corrected chi connectivity index (χ1v) is 21.0. The lowest BCUT2D eigenvalue weighted by Crippen LogP contribution is -2.66. The Kier molecular flexibility index (Phi) is 11.5. The lowest BCUT2D eigenvalue weighted by Gasteiger charge is -2.45. The first kappa shape index (κ1) is 42.9. The Morgan fingerprint density at radius 1 is 1.09 bits per heavy atom. The van der Waals surface area contributed by atoms with Crippen molar-refractivity contribution in [3.05, 3.63) is 36.4 Å². The molecule has 2 aliphatic heterocycles. The van der Waals surface area contributed by atoms with Gasteiger partial charge in [-0.2, -0.15) is 13.2 Å². The number of allylic oxidation sites excluding steroid dienone is 1. The summed E-state index contributed by atoms with van der Waals surface area (Å²) in [6, 6.07) is 3.53. The van der Waals surface area contributed by atoms with E-state index in [0.717, 1.165) is 4.90 Å². The second-order valence-corrected chi connectivity index (χ2v) is 19.1. The highest BCUT2D eigenvalue weighted by molar-refractivity contribution is 7.91. The minimum Gasteiger partial charge on any atom is -0.476 e. The summed E-state index contributed by atoms with van der Waals surface area (Å²) in [6.07, 6.45) is -2.94. The predicted molar refractivity (Wildman–Crippen MR) is 204 cm³/mol. The van der Waals surface area contributed by atoms with E-state index in [-0.39, 0.29) is 48.4 Å². The van der Waals surface area contributed by atoms with Crippen LogP contribution in [0.25, 0.3) is 10.8 Å². The summed E-state index contributed by atoms with van der Waals surface area (Å²) in [7, 11) is -4.12. The summed E-state index contributed by atoms with van der Waals surface area (Å²) in [6.45, 7) is 7.95. The van der Waals surface area contributed by atoms with Crippen LogP contribution in [0, 0.1) is 17.8 Å². The summed E-state index contributed by atoms with van der Waals surface area (Å²) < 4.78 is 83.4. The number of ether oxygens (including phenoxy) is 2. The van der Waals surface area contributed by atoms with Gasteiger partial charge in [0, 0.05) is 12.3 Å². The third-order valence-electron chi connectivity index (χ3n) is 12.2. The maximum absolute atomic E-state index is 15.0. The van der Waals surface area contributed by atoms with Gasteiger partial charge in [0.25, 0.3) is 5.91 Å². The van der Waals surface area contributed by atoms with E-state index in [4.69, 9.17) is 9.47 Å². The van der Waals surface area contributed by atoms with Crippen LogP contribution in [0.4, 0.5) is 18.0 Å². The van der Waals surface area contributed by atoms with Crippen LogP contribution in [0.5, 0.6) is 11.8 Å². The van der Waals surface area contributed by atoms with Gasteiger partial charge in [-0.05, 0) is 90.2 Å². The summed E-state index contributed by atoms with van der Waals surface area (Å²) in [5.41, 5.74) is -4.76. The van der Waals surface area contributed by atoms with Gasteiger partial charge in [-0.25, -0.2) is 13.2 Å². The Balaban J connectivity index is 1.42. The number of amides is 4. The molecule has 3 fully saturated rings. The first-order valence-electron chi connectivity index (χ1n) is 19.6. The number of alkyl halides is 3. The van der Waals surface area contributed by atoms with Crippen molar-refractivity contribution in [1.82, 2.24) is 30.0 Å². The van der Waals surface area contributed by atoms with Crippen LogP contribution in [-0.4, -0.2) is 111 Å². The number of nitrogens with one attached hydrogen (secondary N) is 2. The average Bonchev–Trinajstić information content (AvgIpc) is 4.02. The molecule has 0 unspecified atom stereocenters. The van der Waals surface area contributed by atoms with Crippen molar-refractivity contribution >= 4 is 44.6 Å². The Hall–Kier alpha value is -4.68. The van der Waals surface area contributed by atoms with Crippen molar-refractivity contribution in [2.45, 2.75) is 127 Å². The fourth-order valence-electron chi connectivity index (χ4n) is 8.13. The van der Waals surface area contributed by atoms with Crippen LogP contribution in [-0.2, 0) is 24.4 Å². The Labute approximate surface area is 335 Å². The zero-order chi connectivity index (χ0) is 42.6. The van der Waals surface area contributed by atoms with E-state index in [1.165, 1.54) is 13.8 Å². The van der Waals surface area contributed by atoms with Gasteiger partial charge < -0.3 is 24.8 Å². The molecule has 2 aliphatic carbocycles. The van der Waals surface area contributed by atoms with Gasteiger partial charge in [0.1, 0.15) is 29.3 Å². The molecule has 1 saturated heterocycles. The van der Waals surface area contributed by atoms with Crippen molar-refractivity contribution in [2.24, 2.45) is 17.8 Å². The van der Waals surface area contributed by atoms with Gasteiger partial charge in [0.05, 0.1) is 28.7 Å². The first-order chi connectivity index (χ1) is 27.1. The van der Waals surface area contributed by atoms with Crippen molar-refractivity contribution in [2.75, 3.05) is 13.2 Å². The Morgan fingerprint density at radius 2 is 1.72 bits per heavy atom. The molecule has 318 valence electrons. The minimum absolute atomic E-state index is 0.0192. The lowest BCUT2D eigenvalue weighted by molar-refractivity contribution is -0.222. The SMILES string of the molecule is CCOc1nnc(O[C@@H]2C[C@H]3C(=O)N[C@]4(C(=O)NS(=O)(=O)C5(C)CC5)C[C@H]4C=CCC[C@@H](C)C[C@@H](C)[C@H](N(C(=O)O)C(C)(C)C(F)(F)F)C(=O)N3C2)c2ccccc12. The molecular formula is C39H51F3N6O9S. The van der Waals surface area contributed by atoms with Gasteiger partial charge in [0.15, 0.2) is 0 Å². The van der Waals surface area contributed by atoms with Crippen molar-refractivity contribution in [3.8, 4) is 11.8 Å². The van der Waals surface area contributed by atoms with Crippen LogP contribution in [0.15, 0.2) is 36.4 Å². The molecule has 0 spiro atoms. The van der Waals surface area contributed by atoms with Crippen LogP contribution < -0.4 is 19.5 Å². The van der Waals surface area contributed by atoms with Gasteiger partial charge in [-0.1, -0.05) is 38.1 Å². The summed E-state index contributed by atoms with van der Waals surface area (Å²) >= 11 is 0. The molecular weight excluding hydrogens is 786 g/mol. The summed E-state index contributed by atoms with van der Waals surface area (Å²) in [5.74, 6) is -4.41. The normalized spacial score (nSPS) is 28.9. The molecule has 1 aromatic heterocycles. The molecule has 2 aromatic rings. The fourth-order valence-corrected chi connectivity index (χ4v) is 9.44. The summed E-state index contributed by atoms with van der Waals surface area (Å²) in [4.78, 5) is 57.5. The molecule has 6 rings (SSSR count). The number of rotatable bonds is 9. The monoisotopic (exact) mass is 836 g/mol. The molecule has 15 nitrogen and oxygen atoms in total. The molecule has 19 heteroatoms. The zero-order valence-corrected chi connectivity index (χ0v) is 34.2. The number of hydrogen-bond acceptors (Lipinski definition) is 10. The Morgan fingerprint density at radius 3 is 2.33 bits per heavy atom. The second-order valence-electron chi connectivity index (χ2n) is 16.9. The highest BCUT2D eigenvalue weighted by Gasteiger charge is 2.64. The second kappa shape index (κ2) is 15.5. The maximum Gasteiger partial charge on any atom is 0.411 e. The van der Waals surface area contributed by atoms with Crippen molar-refractivity contribution in [1.29, 1.82) is 0 Å². The van der Waals surface area contributed by atoms with Gasteiger partial charge in [0.2, 0.25) is 33.6 Å². The molecule has 3 heterocycles. The fraction of sp³-hybridized carbons (Fsp3) is 0.641. The smallest absolute Gasteiger partial charge is 0.411 e. The number of carbonyl (C=O) groups excluding carboxylic acids is 3. The number of nitrogens with zero attached hydrogens (tertiary/aromatic N) is 4. The van der Waals surface area contributed by atoms with E-state index in [9.17, 15) is 45.9 Å². The third kappa shape index (κ3) is 8.02. The topological polar surface area (TPSA) is 197 Å². The zero-order valence-electron chi connectivity index (χ0n) is 33.3. The third-order valence-corrected chi connectivity index (χ3v) is 14.3. The number of hydrogen-bond donors (Lipinski definition) is 3. The summed E-state index contributed by atoms with van der Waals surface area (Å²) in [5, 5.41) is 22.6. The maximum atomic E-state index is 15.0. The van der Waals surface area contributed by atoms with E-state index >= 15 is 0 Å². The van der Waals surface area contributed by atoms with E-state index in [2.05, 4.69) is 20.2 Å². The molecule has 58 heavy (non-hydrogen) atoms. The van der Waals surface area contributed by atoms with Gasteiger partial charge in [-0.15, -0.1) is 10.2 Å². The lowest BCUT2D eigenvalue weighted by atomic mass is 9.85. The van der Waals surface area contributed by atoms with E-state index < -0.39 is 85.9 Å². The largest absolute Gasteiger partial charge is 0.476 e. The van der Waals surface area contributed by atoms with Gasteiger partial charge >= 0.3 is 12.3 Å². The van der Waals surface area contributed by atoms with Crippen LogP contribution in [0.1, 0.15) is 86.5 Å². The molecule has 3 N–H and O–H groups in total.